The van der Waals surface area contributed by atoms with Crippen molar-refractivity contribution in [2.75, 3.05) is 27.9 Å². The van der Waals surface area contributed by atoms with Crippen LogP contribution in [0.5, 0.6) is 17.2 Å². The summed E-state index contributed by atoms with van der Waals surface area (Å²) in [6.07, 6.45) is 0.560. The van der Waals surface area contributed by atoms with Gasteiger partial charge in [-0.1, -0.05) is 6.07 Å². The number of hydrogen-bond donors (Lipinski definition) is 2. The van der Waals surface area contributed by atoms with Gasteiger partial charge in [-0.2, -0.15) is 4.72 Å². The van der Waals surface area contributed by atoms with E-state index in [9.17, 15) is 13.2 Å². The molecule has 0 radical (unpaired) electrons. The monoisotopic (exact) mass is 422 g/mol. The zero-order valence-corrected chi connectivity index (χ0v) is 17.7. The minimum absolute atomic E-state index is 0.0586. The van der Waals surface area contributed by atoms with Gasteiger partial charge in [-0.25, -0.2) is 8.42 Å². The van der Waals surface area contributed by atoms with Crippen molar-refractivity contribution in [3.8, 4) is 17.2 Å². The smallest absolute Gasteiger partial charge is 0.241 e. The van der Waals surface area contributed by atoms with E-state index in [1.54, 1.807) is 32.4 Å². The molecule has 2 aromatic rings. The van der Waals surface area contributed by atoms with E-state index in [0.717, 1.165) is 5.56 Å². The molecule has 1 atom stereocenters. The zero-order chi connectivity index (χ0) is 21.4. The van der Waals surface area contributed by atoms with Gasteiger partial charge in [0.25, 0.3) is 0 Å². The molecule has 2 aromatic carbocycles. The molecule has 2 rings (SSSR count). The maximum atomic E-state index is 12.4. The first kappa shape index (κ1) is 22.5. The van der Waals surface area contributed by atoms with Crippen molar-refractivity contribution < 1.29 is 27.4 Å². The van der Waals surface area contributed by atoms with E-state index in [1.807, 2.05) is 12.1 Å². The molecule has 0 bridgehead atoms. The van der Waals surface area contributed by atoms with Gasteiger partial charge in [0, 0.05) is 6.54 Å². The standard InChI is InChI=1S/C20H26N2O6S/c1-14(22-29(24,25)17-8-6-16(26-2)7-9-17)20(23)21-12-11-15-5-10-18(27-3)19(13-15)28-4/h5-10,13-14,22H,11-12H2,1-4H3,(H,21,23)/t14-/m0/s1. The molecule has 1 amide bonds. The van der Waals surface area contributed by atoms with Crippen LogP contribution in [0.25, 0.3) is 0 Å². The molecular formula is C20H26N2O6S. The predicted octanol–water partition coefficient (Wildman–Crippen LogP) is 1.74. The highest BCUT2D eigenvalue weighted by molar-refractivity contribution is 7.89. The summed E-state index contributed by atoms with van der Waals surface area (Å²) in [5.74, 6) is 1.37. The number of hydrogen-bond acceptors (Lipinski definition) is 6. The van der Waals surface area contributed by atoms with E-state index >= 15 is 0 Å². The van der Waals surface area contributed by atoms with E-state index in [0.29, 0.717) is 30.2 Å². The van der Waals surface area contributed by atoms with Crippen molar-refractivity contribution in [3.05, 3.63) is 48.0 Å². The lowest BCUT2D eigenvalue weighted by Crippen LogP contribution is -2.45. The van der Waals surface area contributed by atoms with Crippen molar-refractivity contribution in [3.63, 3.8) is 0 Å². The lowest BCUT2D eigenvalue weighted by atomic mass is 10.1. The maximum Gasteiger partial charge on any atom is 0.241 e. The van der Waals surface area contributed by atoms with Crippen molar-refractivity contribution in [2.24, 2.45) is 0 Å². The lowest BCUT2D eigenvalue weighted by molar-refractivity contribution is -0.122. The van der Waals surface area contributed by atoms with Crippen LogP contribution in [0.1, 0.15) is 12.5 Å². The Morgan fingerprint density at radius 1 is 0.966 bits per heavy atom. The Kier molecular flexibility index (Phi) is 7.86. The van der Waals surface area contributed by atoms with Crippen molar-refractivity contribution in [1.82, 2.24) is 10.0 Å². The first-order chi connectivity index (χ1) is 13.8. The van der Waals surface area contributed by atoms with Crippen LogP contribution >= 0.6 is 0 Å². The van der Waals surface area contributed by atoms with Gasteiger partial charge < -0.3 is 19.5 Å². The number of benzene rings is 2. The van der Waals surface area contributed by atoms with Crippen molar-refractivity contribution in [2.45, 2.75) is 24.3 Å². The number of sulfonamides is 1. The highest BCUT2D eigenvalue weighted by Gasteiger charge is 2.21. The molecule has 0 aromatic heterocycles. The van der Waals surface area contributed by atoms with Gasteiger partial charge >= 0.3 is 0 Å². The number of ether oxygens (including phenoxy) is 3. The third-order valence-corrected chi connectivity index (χ3v) is 5.81. The Morgan fingerprint density at radius 3 is 2.21 bits per heavy atom. The summed E-state index contributed by atoms with van der Waals surface area (Å²) in [5.41, 5.74) is 0.953. The minimum atomic E-state index is -3.82. The number of carbonyl (C=O) groups excluding carboxylic acids is 1. The Bertz CT molecular complexity index is 928. The summed E-state index contributed by atoms with van der Waals surface area (Å²) in [7, 11) is 0.793. The summed E-state index contributed by atoms with van der Waals surface area (Å²) >= 11 is 0. The molecule has 0 aliphatic rings. The Morgan fingerprint density at radius 2 is 1.62 bits per heavy atom. The van der Waals surface area contributed by atoms with Gasteiger partial charge in [0.1, 0.15) is 5.75 Å². The van der Waals surface area contributed by atoms with Gasteiger partial charge in [0.2, 0.25) is 15.9 Å². The SMILES string of the molecule is COc1ccc(S(=O)(=O)N[C@@H](C)C(=O)NCCc2ccc(OC)c(OC)c2)cc1. The fourth-order valence-corrected chi connectivity index (χ4v) is 3.83. The second-order valence-corrected chi connectivity index (χ2v) is 7.96. The first-order valence-electron chi connectivity index (χ1n) is 8.95. The first-order valence-corrected chi connectivity index (χ1v) is 10.4. The molecule has 0 fully saturated rings. The molecule has 2 N–H and O–H groups in total. The zero-order valence-electron chi connectivity index (χ0n) is 16.9. The van der Waals surface area contributed by atoms with Crippen LogP contribution in [0.4, 0.5) is 0 Å². The normalized spacial score (nSPS) is 12.1. The van der Waals surface area contributed by atoms with Crippen LogP contribution in [0.2, 0.25) is 0 Å². The molecule has 29 heavy (non-hydrogen) atoms. The third kappa shape index (κ3) is 6.10. The Balaban J connectivity index is 1.90. The number of carbonyl (C=O) groups is 1. The fourth-order valence-electron chi connectivity index (χ4n) is 2.63. The van der Waals surface area contributed by atoms with Crippen LogP contribution < -0.4 is 24.2 Å². The summed E-state index contributed by atoms with van der Waals surface area (Å²) in [6.45, 7) is 1.84. The second-order valence-electron chi connectivity index (χ2n) is 6.25. The summed E-state index contributed by atoms with van der Waals surface area (Å²) in [4.78, 5) is 12.3. The molecule has 0 spiro atoms. The van der Waals surface area contributed by atoms with Crippen LogP contribution in [0.15, 0.2) is 47.4 Å². The van der Waals surface area contributed by atoms with Crippen LogP contribution in [-0.2, 0) is 21.2 Å². The van der Waals surface area contributed by atoms with Gasteiger partial charge in [-0.3, -0.25) is 4.79 Å². The predicted molar refractivity (Wildman–Crippen MR) is 109 cm³/mol. The highest BCUT2D eigenvalue weighted by atomic mass is 32.2. The maximum absolute atomic E-state index is 12.4. The summed E-state index contributed by atoms with van der Waals surface area (Å²) in [6, 6.07) is 10.5. The van der Waals surface area contributed by atoms with E-state index in [4.69, 9.17) is 14.2 Å². The fraction of sp³-hybridized carbons (Fsp3) is 0.350. The molecule has 0 saturated heterocycles. The average molecular weight is 423 g/mol. The molecule has 158 valence electrons. The molecule has 0 aliphatic heterocycles. The van der Waals surface area contributed by atoms with Crippen molar-refractivity contribution in [1.29, 1.82) is 0 Å². The van der Waals surface area contributed by atoms with Gasteiger partial charge in [-0.05, 0) is 55.3 Å². The topological polar surface area (TPSA) is 103 Å². The lowest BCUT2D eigenvalue weighted by Gasteiger charge is -2.15. The van der Waals surface area contributed by atoms with Crippen molar-refractivity contribution >= 4 is 15.9 Å². The molecular weight excluding hydrogens is 396 g/mol. The Hall–Kier alpha value is -2.78. The second kappa shape index (κ2) is 10.1. The summed E-state index contributed by atoms with van der Waals surface area (Å²) in [5, 5.41) is 2.73. The van der Waals surface area contributed by atoms with E-state index in [-0.39, 0.29) is 4.90 Å². The van der Waals surface area contributed by atoms with Crippen LogP contribution in [0.3, 0.4) is 0 Å². The largest absolute Gasteiger partial charge is 0.497 e. The average Bonchev–Trinajstić information content (AvgIpc) is 2.73. The van der Waals surface area contributed by atoms with E-state index in [2.05, 4.69) is 10.0 Å². The molecule has 0 heterocycles. The van der Waals surface area contributed by atoms with E-state index in [1.165, 1.54) is 26.2 Å². The highest BCUT2D eigenvalue weighted by Crippen LogP contribution is 2.27. The van der Waals surface area contributed by atoms with E-state index < -0.39 is 22.0 Å². The molecule has 9 heteroatoms. The number of nitrogens with one attached hydrogen (secondary N) is 2. The van der Waals surface area contributed by atoms with Gasteiger partial charge in [0.15, 0.2) is 11.5 Å². The molecule has 0 saturated carbocycles. The van der Waals surface area contributed by atoms with Gasteiger partial charge in [-0.15, -0.1) is 0 Å². The minimum Gasteiger partial charge on any atom is -0.497 e. The third-order valence-electron chi connectivity index (χ3n) is 4.26. The van der Waals surface area contributed by atoms with Gasteiger partial charge in [0.05, 0.1) is 32.3 Å². The Labute approximate surface area is 171 Å². The molecule has 8 nitrogen and oxygen atoms in total. The number of amides is 1. The quantitative estimate of drug-likeness (QED) is 0.605. The molecule has 0 aliphatic carbocycles. The number of methoxy groups -OCH3 is 3. The summed E-state index contributed by atoms with van der Waals surface area (Å²) < 4.78 is 42.7. The molecule has 0 unspecified atom stereocenters. The van der Waals surface area contributed by atoms with Crippen LogP contribution in [-0.4, -0.2) is 48.2 Å². The number of rotatable bonds is 10. The van der Waals surface area contributed by atoms with Crippen LogP contribution in [0, 0.1) is 0 Å².